The maximum absolute atomic E-state index is 13.1. The van der Waals surface area contributed by atoms with Crippen LogP contribution in [0, 0.1) is 0 Å². The molecule has 2 unspecified atom stereocenters. The molecule has 220 valence electrons. The lowest BCUT2D eigenvalue weighted by Gasteiger charge is -2.50. The summed E-state index contributed by atoms with van der Waals surface area (Å²) in [5, 5.41) is 1.24. The maximum Gasteiger partial charge on any atom is 0.511 e. The third-order valence-electron chi connectivity index (χ3n) is 7.99. The average molecular weight is 629 g/mol. The van der Waals surface area contributed by atoms with Crippen LogP contribution in [0.2, 0.25) is 10.0 Å². The van der Waals surface area contributed by atoms with Crippen LogP contribution in [-0.2, 0) is 10.0 Å². The van der Waals surface area contributed by atoms with Crippen LogP contribution >= 0.6 is 23.2 Å². The van der Waals surface area contributed by atoms with Crippen molar-refractivity contribution in [2.45, 2.75) is 42.8 Å². The van der Waals surface area contributed by atoms with E-state index in [9.17, 15) is 21.6 Å². The zero-order valence-electron chi connectivity index (χ0n) is 22.1. The summed E-state index contributed by atoms with van der Waals surface area (Å²) in [6.07, 6.45) is -0.986. The third kappa shape index (κ3) is 5.69. The molecule has 13 heteroatoms. The van der Waals surface area contributed by atoms with Crippen LogP contribution in [0.3, 0.4) is 0 Å². The van der Waals surface area contributed by atoms with Crippen molar-refractivity contribution in [1.29, 1.82) is 0 Å². The summed E-state index contributed by atoms with van der Waals surface area (Å²) in [6, 6.07) is 20.9. The molecule has 41 heavy (non-hydrogen) atoms. The highest BCUT2D eigenvalue weighted by atomic mass is 35.5. The van der Waals surface area contributed by atoms with Crippen LogP contribution in [0.25, 0.3) is 0 Å². The maximum atomic E-state index is 13.1. The predicted octanol–water partition coefficient (Wildman–Crippen LogP) is 5.44. The van der Waals surface area contributed by atoms with Crippen LogP contribution in [-0.4, -0.2) is 55.6 Å². The van der Waals surface area contributed by atoms with Crippen molar-refractivity contribution in [1.82, 2.24) is 9.21 Å². The fourth-order valence-electron chi connectivity index (χ4n) is 5.84. The molecule has 3 aromatic carbocycles. The Hall–Kier alpha value is -2.38. The number of hydrogen-bond donors (Lipinski definition) is 2. The van der Waals surface area contributed by atoms with Gasteiger partial charge in [0.05, 0.1) is 6.17 Å². The van der Waals surface area contributed by atoms with Gasteiger partial charge in [-0.2, -0.15) is 17.5 Å². The van der Waals surface area contributed by atoms with Crippen molar-refractivity contribution >= 4 is 38.9 Å². The molecule has 0 saturated carbocycles. The van der Waals surface area contributed by atoms with Gasteiger partial charge in [0.2, 0.25) is 0 Å². The van der Waals surface area contributed by atoms with E-state index in [4.69, 9.17) is 34.7 Å². The van der Waals surface area contributed by atoms with Crippen molar-refractivity contribution in [2.24, 2.45) is 11.5 Å². The summed E-state index contributed by atoms with van der Waals surface area (Å²) < 4.78 is 63.6. The first kappa shape index (κ1) is 30.1. The van der Waals surface area contributed by atoms with E-state index in [-0.39, 0.29) is 37.9 Å². The van der Waals surface area contributed by atoms with E-state index in [0.29, 0.717) is 14.4 Å². The number of sulfonamides is 1. The number of benzene rings is 3. The lowest BCUT2D eigenvalue weighted by molar-refractivity contribution is -0.0505. The Kier molecular flexibility index (Phi) is 8.34. The Morgan fingerprint density at radius 2 is 1.34 bits per heavy atom. The van der Waals surface area contributed by atoms with E-state index in [1.54, 1.807) is 0 Å². The quantitative estimate of drug-likeness (QED) is 0.366. The summed E-state index contributed by atoms with van der Waals surface area (Å²) in [5.74, 6) is -0.160. The van der Waals surface area contributed by atoms with E-state index >= 15 is 0 Å². The number of nitrogens with two attached hydrogens (primary N) is 2. The van der Waals surface area contributed by atoms with Gasteiger partial charge in [0.25, 0.3) is 0 Å². The van der Waals surface area contributed by atoms with Gasteiger partial charge >= 0.3 is 15.5 Å². The fourth-order valence-corrected chi connectivity index (χ4v) is 7.07. The van der Waals surface area contributed by atoms with E-state index in [0.717, 1.165) is 27.9 Å². The number of anilines is 1. The summed E-state index contributed by atoms with van der Waals surface area (Å²) in [6.45, 7) is -0.539. The van der Waals surface area contributed by atoms with Crippen molar-refractivity contribution in [3.05, 3.63) is 99.0 Å². The Labute approximate surface area is 247 Å². The second-order valence-corrected chi connectivity index (χ2v) is 13.2. The molecule has 2 aliphatic rings. The molecular formula is C28H30Cl2F3N5O2S. The van der Waals surface area contributed by atoms with Crippen LogP contribution in [0.1, 0.15) is 47.2 Å². The number of alkyl halides is 3. The Morgan fingerprint density at radius 1 is 0.854 bits per heavy atom. The monoisotopic (exact) mass is 627 g/mol. The average Bonchev–Trinajstić information content (AvgIpc) is 2.94. The highest BCUT2D eigenvalue weighted by Gasteiger charge is 2.51. The number of halogens is 5. The van der Waals surface area contributed by atoms with Gasteiger partial charge in [-0.3, -0.25) is 5.73 Å². The number of hydrogen-bond acceptors (Lipinski definition) is 6. The summed E-state index contributed by atoms with van der Waals surface area (Å²) in [4.78, 5) is 3.74. The van der Waals surface area contributed by atoms with E-state index in [1.165, 1.54) is 0 Å². The molecule has 4 N–H and O–H groups in total. The predicted molar refractivity (Wildman–Crippen MR) is 155 cm³/mol. The summed E-state index contributed by atoms with van der Waals surface area (Å²) in [7, 11) is -3.55. The molecular weight excluding hydrogens is 598 g/mol. The first-order valence-electron chi connectivity index (χ1n) is 13.0. The zero-order valence-corrected chi connectivity index (χ0v) is 24.4. The molecule has 0 bridgehead atoms. The van der Waals surface area contributed by atoms with Gasteiger partial charge in [-0.25, -0.2) is 13.3 Å². The summed E-state index contributed by atoms with van der Waals surface area (Å²) in [5.41, 5.74) is 12.7. The van der Waals surface area contributed by atoms with E-state index in [1.807, 2.05) is 83.6 Å². The smallest absolute Gasteiger partial charge is 0.346 e. The van der Waals surface area contributed by atoms with Crippen molar-refractivity contribution in [2.75, 3.05) is 25.0 Å². The van der Waals surface area contributed by atoms with Crippen molar-refractivity contribution in [3.63, 3.8) is 0 Å². The minimum Gasteiger partial charge on any atom is -0.346 e. The molecule has 2 aliphatic heterocycles. The first-order valence-corrected chi connectivity index (χ1v) is 15.2. The summed E-state index contributed by atoms with van der Waals surface area (Å²) >= 11 is 12.3. The van der Waals surface area contributed by atoms with Crippen molar-refractivity contribution in [3.8, 4) is 0 Å². The molecule has 1 fully saturated rings. The molecule has 0 aliphatic carbocycles. The molecule has 0 amide bonds. The highest BCUT2D eigenvalue weighted by Crippen LogP contribution is 2.41. The molecule has 0 spiro atoms. The minimum atomic E-state index is -5.39. The lowest BCUT2D eigenvalue weighted by atomic mass is 9.83. The van der Waals surface area contributed by atoms with Gasteiger partial charge in [-0.05, 0) is 65.9 Å². The third-order valence-corrected chi connectivity index (χ3v) is 10.1. The molecule has 3 aromatic rings. The largest absolute Gasteiger partial charge is 0.511 e. The van der Waals surface area contributed by atoms with Crippen LogP contribution < -0.4 is 16.4 Å². The first-order chi connectivity index (χ1) is 19.3. The second-order valence-electron chi connectivity index (χ2n) is 10.4. The topological polar surface area (TPSA) is 95.9 Å². The lowest BCUT2D eigenvalue weighted by Crippen LogP contribution is -2.64. The Morgan fingerprint density at radius 3 is 1.83 bits per heavy atom. The van der Waals surface area contributed by atoms with Crippen LogP contribution in [0.15, 0.2) is 66.7 Å². The standard InChI is InChI=1S/C28H30Cl2F3N5O2S/c1-36-24-11-6-19(25(17-2-7-20(29)8-3-17)18-4-9-21(30)10-5-18)16-23(24)26(34)38(27(36)35)22-12-14-37(15-13-22)41(39,40)28(31,32)33/h2-11,16,22,25-27H,12-15,34-35H2,1H3. The van der Waals surface area contributed by atoms with Crippen molar-refractivity contribution < 1.29 is 21.6 Å². The number of fused-ring (bicyclic) bond motifs is 1. The van der Waals surface area contributed by atoms with Gasteiger partial charge in [0.1, 0.15) is 6.29 Å². The molecule has 5 rings (SSSR count). The molecule has 1 saturated heterocycles. The minimum absolute atomic E-state index is 0.160. The van der Waals surface area contributed by atoms with Gasteiger partial charge in [-0.15, -0.1) is 0 Å². The number of piperidine rings is 1. The van der Waals surface area contributed by atoms with Gasteiger partial charge in [0, 0.05) is 53.4 Å². The van der Waals surface area contributed by atoms with E-state index < -0.39 is 28.0 Å². The fraction of sp³-hybridized carbons (Fsp3) is 0.357. The normalized spacial score (nSPS) is 21.3. The molecule has 7 nitrogen and oxygen atoms in total. The molecule has 2 heterocycles. The van der Waals surface area contributed by atoms with Gasteiger partial charge in [0.15, 0.2) is 0 Å². The Balaban J connectivity index is 1.48. The van der Waals surface area contributed by atoms with Gasteiger partial charge < -0.3 is 10.6 Å². The zero-order chi connectivity index (χ0) is 29.7. The molecule has 2 atom stereocenters. The molecule has 0 aromatic heterocycles. The van der Waals surface area contributed by atoms with E-state index in [2.05, 4.69) is 0 Å². The van der Waals surface area contributed by atoms with Gasteiger partial charge in [-0.1, -0.05) is 53.5 Å². The SMILES string of the molecule is CN1c2ccc(C(c3ccc(Cl)cc3)c3ccc(Cl)cc3)cc2C(N)N(C2CCN(S(=O)(=O)C(F)(F)F)CC2)C1N. The highest BCUT2D eigenvalue weighted by molar-refractivity contribution is 7.90. The number of nitrogens with zero attached hydrogens (tertiary/aromatic N) is 3. The van der Waals surface area contributed by atoms with Crippen LogP contribution in [0.5, 0.6) is 0 Å². The second kappa shape index (κ2) is 11.4. The molecule has 0 radical (unpaired) electrons. The Bertz CT molecular complexity index is 1450. The van der Waals surface area contributed by atoms with Crippen LogP contribution in [0.4, 0.5) is 18.9 Å². The number of rotatable bonds is 5.